The van der Waals surface area contributed by atoms with Crippen LogP contribution in [0.15, 0.2) is 49.1 Å². The normalized spacial score (nSPS) is 13.7. The van der Waals surface area contributed by atoms with Crippen molar-refractivity contribution >= 4 is 7.82 Å². The Morgan fingerprint density at radius 3 is 2.15 bits per heavy atom. The van der Waals surface area contributed by atoms with E-state index < -0.39 is 13.9 Å². The number of unbranched alkanes of at least 4 members (excludes halogenated alkanes) is 13. The van der Waals surface area contributed by atoms with Crippen molar-refractivity contribution in [1.82, 2.24) is 4.98 Å². The molecule has 0 saturated heterocycles. The van der Waals surface area contributed by atoms with Gasteiger partial charge in [-0.3, -0.25) is 4.57 Å². The fraction of sp³-hybridized carbons (Fsp3) is 0.677. The Balaban J connectivity index is 1.50. The molecule has 2 rings (SSSR count). The predicted octanol–water partition coefficient (Wildman–Crippen LogP) is 6.79. The van der Waals surface area contributed by atoms with Crippen LogP contribution in [0.5, 0.6) is 5.75 Å². The van der Waals surface area contributed by atoms with Gasteiger partial charge < -0.3 is 23.4 Å². The molecule has 226 valence electrons. The van der Waals surface area contributed by atoms with Crippen molar-refractivity contribution in [2.45, 2.75) is 109 Å². The smallest absolute Gasteiger partial charge is 0.319 e. The third kappa shape index (κ3) is 17.1. The van der Waals surface area contributed by atoms with Crippen molar-refractivity contribution in [3.63, 3.8) is 0 Å². The molecule has 8 nitrogen and oxygen atoms in total. The zero-order chi connectivity index (χ0) is 28.7. The number of hydrogen-bond donors (Lipinski definition) is 0. The fourth-order valence-electron chi connectivity index (χ4n) is 4.49. The van der Waals surface area contributed by atoms with Crippen LogP contribution in [0, 0.1) is 0 Å². The zero-order valence-corrected chi connectivity index (χ0v) is 25.6. The number of phosphoric ester groups is 1. The summed E-state index contributed by atoms with van der Waals surface area (Å²) < 4.78 is 35.6. The molecule has 0 fully saturated rings. The first-order valence-electron chi connectivity index (χ1n) is 15.2. The van der Waals surface area contributed by atoms with Crippen LogP contribution in [0.25, 0.3) is 0 Å². The number of benzene rings is 1. The van der Waals surface area contributed by atoms with E-state index in [1.165, 1.54) is 84.2 Å². The molecule has 0 amide bonds. The molecule has 2 unspecified atom stereocenters. The minimum atomic E-state index is -4.56. The van der Waals surface area contributed by atoms with Crippen molar-refractivity contribution in [2.24, 2.45) is 0 Å². The van der Waals surface area contributed by atoms with Crippen molar-refractivity contribution in [3.8, 4) is 5.75 Å². The van der Waals surface area contributed by atoms with E-state index >= 15 is 0 Å². The van der Waals surface area contributed by atoms with Gasteiger partial charge in [-0.15, -0.1) is 0 Å². The van der Waals surface area contributed by atoms with Crippen molar-refractivity contribution in [2.75, 3.05) is 26.9 Å². The van der Waals surface area contributed by atoms with Crippen molar-refractivity contribution < 1.29 is 32.5 Å². The second-order valence-electron chi connectivity index (χ2n) is 10.4. The molecule has 0 spiro atoms. The molecule has 9 heteroatoms. The third-order valence-corrected chi connectivity index (χ3v) is 7.74. The zero-order valence-electron chi connectivity index (χ0n) is 24.7. The Morgan fingerprint density at radius 1 is 0.900 bits per heavy atom. The molecule has 0 radical (unpaired) electrons. The molecule has 0 aliphatic heterocycles. The molecule has 1 heterocycles. The van der Waals surface area contributed by atoms with Gasteiger partial charge in [-0.25, -0.2) is 4.57 Å². The van der Waals surface area contributed by atoms with Crippen molar-refractivity contribution in [1.29, 1.82) is 0 Å². The van der Waals surface area contributed by atoms with E-state index in [2.05, 4.69) is 11.9 Å². The highest BCUT2D eigenvalue weighted by atomic mass is 31.2. The third-order valence-electron chi connectivity index (χ3n) is 6.84. The van der Waals surface area contributed by atoms with Crippen LogP contribution >= 0.6 is 7.82 Å². The molecule has 0 saturated carbocycles. The summed E-state index contributed by atoms with van der Waals surface area (Å²) in [6.45, 7) is 3.54. The van der Waals surface area contributed by atoms with Crippen LogP contribution in [-0.2, 0) is 25.1 Å². The Bertz CT molecular complexity index is 933. The van der Waals surface area contributed by atoms with Crippen LogP contribution in [-0.4, -0.2) is 38.0 Å². The number of methoxy groups -OCH3 is 1. The van der Waals surface area contributed by atoms with E-state index in [9.17, 15) is 9.46 Å². The van der Waals surface area contributed by atoms with E-state index in [1.807, 2.05) is 22.9 Å². The van der Waals surface area contributed by atoms with Crippen LogP contribution in [0.3, 0.4) is 0 Å². The van der Waals surface area contributed by atoms with E-state index in [0.717, 1.165) is 18.4 Å². The Kier molecular flexibility index (Phi) is 18.8. The lowest BCUT2D eigenvalue weighted by Gasteiger charge is -2.25. The minimum absolute atomic E-state index is 0.165. The Morgan fingerprint density at radius 2 is 1.55 bits per heavy atom. The first-order valence-corrected chi connectivity index (χ1v) is 16.6. The van der Waals surface area contributed by atoms with Crippen LogP contribution < -0.4 is 14.0 Å². The summed E-state index contributed by atoms with van der Waals surface area (Å²) in [4.78, 5) is 16.5. The quantitative estimate of drug-likeness (QED) is 0.0727. The Labute approximate surface area is 242 Å². The maximum absolute atomic E-state index is 12.4. The molecule has 0 aliphatic rings. The first-order chi connectivity index (χ1) is 19.5. The summed E-state index contributed by atoms with van der Waals surface area (Å²) in [5.74, 6) is 0.198. The topological polar surface area (TPSA) is 93.8 Å². The van der Waals surface area contributed by atoms with Gasteiger partial charge in [0, 0.05) is 19.8 Å². The maximum Gasteiger partial charge on any atom is 0.319 e. The van der Waals surface area contributed by atoms with Gasteiger partial charge in [-0.2, -0.15) is 0 Å². The number of hydrogen-bond acceptors (Lipinski definition) is 7. The minimum Gasteiger partial charge on any atom is -0.746 e. The van der Waals surface area contributed by atoms with Crippen molar-refractivity contribution in [3.05, 3.63) is 54.6 Å². The van der Waals surface area contributed by atoms with E-state index in [4.69, 9.17) is 18.5 Å². The van der Waals surface area contributed by atoms with Gasteiger partial charge >= 0.3 is 7.82 Å². The largest absolute Gasteiger partial charge is 0.746 e. The highest BCUT2D eigenvalue weighted by Gasteiger charge is 2.17. The SMILES string of the molecule is CCCCCCCCCCCCCCCCOCC(COP(=O)([O-])Oc1cccc(C[n+]2cccnc2)c1)OC. The molecule has 0 aliphatic carbocycles. The second kappa shape index (κ2) is 21.9. The molecule has 2 atom stereocenters. The average Bonchev–Trinajstić information content (AvgIpc) is 2.95. The van der Waals surface area contributed by atoms with Gasteiger partial charge in [0.25, 0.3) is 6.33 Å². The Hall–Kier alpha value is -1.83. The van der Waals surface area contributed by atoms with E-state index in [1.54, 1.807) is 30.7 Å². The summed E-state index contributed by atoms with van der Waals surface area (Å²) in [5.41, 5.74) is 0.877. The molecule has 1 aromatic carbocycles. The molecule has 0 N–H and O–H groups in total. The lowest BCUT2D eigenvalue weighted by molar-refractivity contribution is -0.691. The predicted molar refractivity (Wildman–Crippen MR) is 156 cm³/mol. The molecular formula is C31H51N2O6P. The monoisotopic (exact) mass is 578 g/mol. The average molecular weight is 579 g/mol. The van der Waals surface area contributed by atoms with Gasteiger partial charge in [0.05, 0.1) is 19.4 Å². The number of aromatic nitrogens is 2. The number of rotatable bonds is 25. The summed E-state index contributed by atoms with van der Waals surface area (Å²) in [5, 5.41) is 0. The summed E-state index contributed by atoms with van der Waals surface area (Å²) in [7, 11) is -3.05. The van der Waals surface area contributed by atoms with Gasteiger partial charge in [-0.05, 0) is 24.1 Å². The standard InChI is InChI=1S/C31H51N2O6P/c1-3-4-5-6-7-8-9-10-11-12-13-14-15-16-23-37-26-31(36-2)27-38-40(34,35)39-30-20-17-19-29(24-30)25-33-22-18-21-32-28-33/h17-22,24,28,31H,3-16,23,25-27H2,1-2H3. The van der Waals surface area contributed by atoms with Gasteiger partial charge in [0.1, 0.15) is 24.6 Å². The second-order valence-corrected chi connectivity index (χ2v) is 11.8. The first kappa shape index (κ1) is 34.4. The summed E-state index contributed by atoms with van der Waals surface area (Å²) in [6, 6.07) is 8.71. The molecule has 0 bridgehead atoms. The maximum atomic E-state index is 12.4. The lowest BCUT2D eigenvalue weighted by atomic mass is 10.0. The number of ether oxygens (including phenoxy) is 2. The van der Waals surface area contributed by atoms with Crippen LogP contribution in [0.4, 0.5) is 0 Å². The van der Waals surface area contributed by atoms with E-state index in [0.29, 0.717) is 13.2 Å². The van der Waals surface area contributed by atoms with Gasteiger partial charge in [0.2, 0.25) is 0 Å². The highest BCUT2D eigenvalue weighted by molar-refractivity contribution is 7.46. The molecular weight excluding hydrogens is 527 g/mol. The molecule has 2 aromatic rings. The van der Waals surface area contributed by atoms with Gasteiger partial charge in [-0.1, -0.05) is 108 Å². The molecule has 1 aromatic heterocycles. The van der Waals surface area contributed by atoms with Gasteiger partial charge in [0.15, 0.2) is 0 Å². The summed E-state index contributed by atoms with van der Waals surface area (Å²) in [6.07, 6.45) is 23.2. The number of nitrogens with zero attached hydrogens (tertiary/aromatic N) is 2. The summed E-state index contributed by atoms with van der Waals surface area (Å²) >= 11 is 0. The highest BCUT2D eigenvalue weighted by Crippen LogP contribution is 2.39. The van der Waals surface area contributed by atoms with Crippen LogP contribution in [0.1, 0.15) is 102 Å². The van der Waals surface area contributed by atoms with E-state index in [-0.39, 0.29) is 19.0 Å². The fourth-order valence-corrected chi connectivity index (χ4v) is 5.27. The van der Waals surface area contributed by atoms with Crippen LogP contribution in [0.2, 0.25) is 0 Å². The molecule has 40 heavy (non-hydrogen) atoms. The lowest BCUT2D eigenvalue weighted by Crippen LogP contribution is -2.33. The number of phosphoric acid groups is 1.